The standard InChI is InChI=1S/C77H49N7Si/c78-50-51-36-43-72-64(46-51)61-28-12-17-33-69(61)82(72)54-40-45-74-66(48-54)63-30-14-19-35-71(63)84(74)76-49-75(83-70-34-18-13-29-62(70)65-47-53(39-44-73(65)83)81-67-31-15-10-26-59(67)60-27-11-16-32-68(60)81)79-77(80-76)52-37-41-58(42-38-52)85(55-20-4-1-5-21-55,56-22-6-2-7-23-56)57-24-8-3-9-25-57/h1-49H. The van der Waals surface area contributed by atoms with E-state index in [9.17, 15) is 5.26 Å². The van der Waals surface area contributed by atoms with Crippen LogP contribution in [0.5, 0.6) is 0 Å². The number of nitrogens with zero attached hydrogens (tertiary/aromatic N) is 7. The predicted molar refractivity (Wildman–Crippen MR) is 353 cm³/mol. The van der Waals surface area contributed by atoms with Crippen LogP contribution in [0.15, 0.2) is 297 Å². The second kappa shape index (κ2) is 19.1. The van der Waals surface area contributed by atoms with Crippen LogP contribution in [0.4, 0.5) is 0 Å². The number of aromatic nitrogens is 6. The average molecular weight is 1100 g/mol. The Morgan fingerprint density at radius 3 is 1.00 bits per heavy atom. The predicted octanol–water partition coefficient (Wildman–Crippen LogP) is 15.8. The topological polar surface area (TPSA) is 69.3 Å². The monoisotopic (exact) mass is 1100 g/mol. The van der Waals surface area contributed by atoms with E-state index in [1.807, 2.05) is 12.1 Å². The minimum Gasteiger partial charge on any atom is -0.309 e. The minimum atomic E-state index is -2.84. The van der Waals surface area contributed by atoms with Crippen molar-refractivity contribution < 1.29 is 0 Å². The molecule has 0 aliphatic rings. The smallest absolute Gasteiger partial charge is 0.179 e. The summed E-state index contributed by atoms with van der Waals surface area (Å²) in [5.74, 6) is 2.12. The molecule has 0 aliphatic heterocycles. The molecule has 12 aromatic carbocycles. The molecule has 0 saturated carbocycles. The van der Waals surface area contributed by atoms with Gasteiger partial charge in [-0.2, -0.15) is 5.26 Å². The molecule has 7 nitrogen and oxygen atoms in total. The Kier molecular flexibility index (Phi) is 10.9. The highest BCUT2D eigenvalue weighted by Crippen LogP contribution is 2.40. The molecule has 0 radical (unpaired) electrons. The van der Waals surface area contributed by atoms with Gasteiger partial charge in [0, 0.05) is 66.1 Å². The van der Waals surface area contributed by atoms with E-state index < -0.39 is 8.07 Å². The largest absolute Gasteiger partial charge is 0.309 e. The average Bonchev–Trinajstić information content (AvgIpc) is 2.16. The van der Waals surface area contributed by atoms with Crippen molar-refractivity contribution >= 4 is 116 Å². The van der Waals surface area contributed by atoms with Crippen molar-refractivity contribution in [1.82, 2.24) is 28.2 Å². The van der Waals surface area contributed by atoms with Gasteiger partial charge < -0.3 is 9.13 Å². The first kappa shape index (κ1) is 48.3. The molecule has 0 bridgehead atoms. The number of hydrogen-bond acceptors (Lipinski definition) is 3. The lowest BCUT2D eigenvalue weighted by Crippen LogP contribution is -2.74. The van der Waals surface area contributed by atoms with E-state index >= 15 is 0 Å². The highest BCUT2D eigenvalue weighted by atomic mass is 28.3. The Balaban J connectivity index is 0.903. The van der Waals surface area contributed by atoms with Gasteiger partial charge in [-0.1, -0.05) is 206 Å². The lowest BCUT2D eigenvalue weighted by molar-refractivity contribution is 0.994. The number of benzene rings is 12. The van der Waals surface area contributed by atoms with Crippen LogP contribution in [-0.4, -0.2) is 36.3 Å². The summed E-state index contributed by atoms with van der Waals surface area (Å²) in [5, 5.41) is 24.2. The molecule has 0 amide bonds. The number of para-hydroxylation sites is 5. The van der Waals surface area contributed by atoms with Crippen LogP contribution in [0.2, 0.25) is 0 Å². The quantitative estimate of drug-likeness (QED) is 0.107. The van der Waals surface area contributed by atoms with Crippen LogP contribution in [0, 0.1) is 11.3 Å². The van der Waals surface area contributed by atoms with Gasteiger partial charge in [-0.3, -0.25) is 9.13 Å². The van der Waals surface area contributed by atoms with Gasteiger partial charge in [0.1, 0.15) is 11.6 Å². The van der Waals surface area contributed by atoms with Gasteiger partial charge in [-0.15, -0.1) is 0 Å². The first-order valence-electron chi connectivity index (χ1n) is 28.8. The van der Waals surface area contributed by atoms with Gasteiger partial charge in [-0.05, 0) is 106 Å². The second-order valence-corrected chi connectivity index (χ2v) is 25.8. The third-order valence-corrected chi connectivity index (χ3v) is 22.4. The first-order valence-corrected chi connectivity index (χ1v) is 30.8. The van der Waals surface area contributed by atoms with Crippen LogP contribution in [0.3, 0.4) is 0 Å². The summed E-state index contributed by atoms with van der Waals surface area (Å²) in [4.78, 5) is 11.4. The Bertz CT molecular complexity index is 5400. The summed E-state index contributed by atoms with van der Waals surface area (Å²) < 4.78 is 9.36. The van der Waals surface area contributed by atoms with Crippen LogP contribution in [0.25, 0.3) is 122 Å². The zero-order valence-corrected chi connectivity index (χ0v) is 46.9. The third kappa shape index (κ3) is 7.31. The van der Waals surface area contributed by atoms with Crippen LogP contribution >= 0.6 is 0 Å². The molecule has 5 heterocycles. The maximum Gasteiger partial charge on any atom is 0.179 e. The number of fused-ring (bicyclic) bond motifs is 12. The van der Waals surface area contributed by atoms with Crippen molar-refractivity contribution in [2.75, 3.05) is 0 Å². The van der Waals surface area contributed by atoms with Gasteiger partial charge in [0.15, 0.2) is 13.9 Å². The highest BCUT2D eigenvalue weighted by Gasteiger charge is 2.41. The van der Waals surface area contributed by atoms with Crippen LogP contribution in [0.1, 0.15) is 5.56 Å². The van der Waals surface area contributed by atoms with Crippen molar-refractivity contribution in [3.05, 3.63) is 303 Å². The Hall–Kier alpha value is -11.4. The first-order chi connectivity index (χ1) is 42.1. The van der Waals surface area contributed by atoms with Gasteiger partial charge >= 0.3 is 0 Å². The minimum absolute atomic E-state index is 0.614. The van der Waals surface area contributed by atoms with Crippen molar-refractivity contribution in [3.8, 4) is 40.5 Å². The zero-order valence-electron chi connectivity index (χ0n) is 45.9. The van der Waals surface area contributed by atoms with Crippen molar-refractivity contribution in [1.29, 1.82) is 5.26 Å². The van der Waals surface area contributed by atoms with E-state index in [0.29, 0.717) is 11.4 Å². The summed E-state index contributed by atoms with van der Waals surface area (Å²) in [6.45, 7) is 0. The van der Waals surface area contributed by atoms with E-state index in [-0.39, 0.29) is 0 Å². The fourth-order valence-electron chi connectivity index (χ4n) is 13.9. The van der Waals surface area contributed by atoms with E-state index in [4.69, 9.17) is 9.97 Å². The summed E-state index contributed by atoms with van der Waals surface area (Å²) in [5.41, 5.74) is 12.3. The molecule has 17 rings (SSSR count). The second-order valence-electron chi connectivity index (χ2n) is 22.0. The fourth-order valence-corrected chi connectivity index (χ4v) is 18.7. The molecule has 5 aromatic heterocycles. The molecule has 8 heteroatoms. The summed E-state index contributed by atoms with van der Waals surface area (Å²) in [7, 11) is -2.84. The summed E-state index contributed by atoms with van der Waals surface area (Å²) >= 11 is 0. The van der Waals surface area contributed by atoms with E-state index in [1.165, 1.54) is 42.6 Å². The molecule has 0 N–H and O–H groups in total. The molecule has 0 atom stereocenters. The molecule has 0 unspecified atom stereocenters. The number of rotatable bonds is 9. The highest BCUT2D eigenvalue weighted by molar-refractivity contribution is 7.19. The normalized spacial score (nSPS) is 12.0. The molecule has 0 saturated heterocycles. The lowest BCUT2D eigenvalue weighted by atomic mass is 10.1. The fraction of sp³-hybridized carbons (Fsp3) is 0. The maximum atomic E-state index is 9.94. The van der Waals surface area contributed by atoms with Crippen molar-refractivity contribution in [2.24, 2.45) is 0 Å². The molecular weight excluding hydrogens is 1050 g/mol. The summed E-state index contributed by atoms with van der Waals surface area (Å²) in [6.07, 6.45) is 0. The number of hydrogen-bond donors (Lipinski definition) is 0. The Morgan fingerprint density at radius 2 is 0.588 bits per heavy atom. The SMILES string of the molecule is N#Cc1ccc2c(c1)c1ccccc1n2-c1ccc2c(c1)c1ccccc1n2-c1cc(-n2c3ccccc3c3cc(-n4c5ccccc5c5ccccc54)ccc32)nc(-c2ccc([Si](c3ccccc3)(c3ccccc3)c3ccccc3)cc2)n1. The molecule has 85 heavy (non-hydrogen) atoms. The van der Waals surface area contributed by atoms with Gasteiger partial charge in [-0.25, -0.2) is 9.97 Å². The van der Waals surface area contributed by atoms with Gasteiger partial charge in [0.25, 0.3) is 0 Å². The van der Waals surface area contributed by atoms with Crippen LogP contribution in [-0.2, 0) is 0 Å². The molecular formula is C77H49N7Si. The van der Waals surface area contributed by atoms with E-state index in [1.54, 1.807) is 0 Å². The molecule has 0 fully saturated rings. The van der Waals surface area contributed by atoms with Gasteiger partial charge in [0.2, 0.25) is 0 Å². The van der Waals surface area contributed by atoms with E-state index in [0.717, 1.165) is 94.0 Å². The molecule has 0 aliphatic carbocycles. The third-order valence-electron chi connectivity index (χ3n) is 17.6. The van der Waals surface area contributed by atoms with Crippen LogP contribution < -0.4 is 20.7 Å². The Labute approximate surface area is 490 Å². The van der Waals surface area contributed by atoms with Crippen molar-refractivity contribution in [3.63, 3.8) is 0 Å². The molecule has 17 aromatic rings. The Morgan fingerprint density at radius 1 is 0.271 bits per heavy atom. The zero-order chi connectivity index (χ0) is 56.2. The lowest BCUT2D eigenvalue weighted by Gasteiger charge is -2.34. The number of nitriles is 1. The van der Waals surface area contributed by atoms with Gasteiger partial charge in [0.05, 0.1) is 55.8 Å². The molecule has 396 valence electrons. The van der Waals surface area contributed by atoms with Crippen molar-refractivity contribution in [2.45, 2.75) is 0 Å². The summed E-state index contributed by atoms with van der Waals surface area (Å²) in [6, 6.07) is 110. The van der Waals surface area contributed by atoms with E-state index in [2.05, 4.69) is 309 Å². The maximum absolute atomic E-state index is 9.94. The molecule has 0 spiro atoms.